The van der Waals surface area contributed by atoms with E-state index in [-0.39, 0.29) is 17.8 Å². The van der Waals surface area contributed by atoms with Crippen molar-refractivity contribution < 1.29 is 9.53 Å². The second-order valence-corrected chi connectivity index (χ2v) is 9.08. The molecule has 0 radical (unpaired) electrons. The molecule has 0 aliphatic carbocycles. The molecule has 1 atom stereocenters. The number of rotatable bonds is 6. The maximum atomic E-state index is 12.9. The predicted octanol–water partition coefficient (Wildman–Crippen LogP) is 7.28. The van der Waals surface area contributed by atoms with Crippen LogP contribution in [0.1, 0.15) is 40.5 Å². The van der Waals surface area contributed by atoms with Gasteiger partial charge in [0.1, 0.15) is 5.75 Å². The van der Waals surface area contributed by atoms with Crippen molar-refractivity contribution in [2.45, 2.75) is 40.5 Å². The zero-order valence-corrected chi connectivity index (χ0v) is 18.7. The minimum atomic E-state index is -0.618. The predicted molar refractivity (Wildman–Crippen MR) is 125 cm³/mol. The van der Waals surface area contributed by atoms with E-state index in [4.69, 9.17) is 4.74 Å². The number of nitrogens with zero attached hydrogens (tertiary/aromatic N) is 1. The molecule has 0 bridgehead atoms. The van der Waals surface area contributed by atoms with Gasteiger partial charge < -0.3 is 4.74 Å². The Hall–Kier alpha value is -3.38. The lowest BCUT2D eigenvalue weighted by atomic mass is 9.66. The van der Waals surface area contributed by atoms with Crippen molar-refractivity contribution in [1.82, 2.24) is 0 Å². The summed E-state index contributed by atoms with van der Waals surface area (Å²) in [6.45, 7) is 7.99. The molecule has 0 N–H and O–H groups in total. The Balaban J connectivity index is 1.96. The van der Waals surface area contributed by atoms with Gasteiger partial charge in [0.05, 0.1) is 11.5 Å². The average Bonchev–Trinajstić information content (AvgIpc) is 2.78. The van der Waals surface area contributed by atoms with Crippen LogP contribution in [0.5, 0.6) is 5.75 Å². The first-order chi connectivity index (χ1) is 14.7. The molecule has 158 valence electrons. The molecule has 0 fully saturated rings. The Labute approximate surface area is 185 Å². The Morgan fingerprint density at radius 2 is 1.29 bits per heavy atom. The second-order valence-electron chi connectivity index (χ2n) is 9.08. The molecule has 0 heterocycles. The van der Waals surface area contributed by atoms with E-state index in [0.717, 1.165) is 22.3 Å². The van der Waals surface area contributed by atoms with Gasteiger partial charge in [0.25, 0.3) is 0 Å². The van der Waals surface area contributed by atoms with E-state index in [1.165, 1.54) is 0 Å². The molecule has 0 spiro atoms. The van der Waals surface area contributed by atoms with Crippen molar-refractivity contribution >= 4 is 5.97 Å². The number of esters is 1. The maximum Gasteiger partial charge on any atom is 0.311 e. The van der Waals surface area contributed by atoms with E-state index in [2.05, 4.69) is 6.07 Å². The van der Waals surface area contributed by atoms with E-state index in [1.807, 2.05) is 107 Å². The van der Waals surface area contributed by atoms with Crippen molar-refractivity contribution in [2.75, 3.05) is 0 Å². The quantitative estimate of drug-likeness (QED) is 0.316. The number of para-hydroxylation sites is 1. The number of hydrogen-bond acceptors (Lipinski definition) is 3. The fourth-order valence-electron chi connectivity index (χ4n) is 3.45. The van der Waals surface area contributed by atoms with Crippen LogP contribution in [-0.4, -0.2) is 5.97 Å². The molecule has 3 nitrogen and oxygen atoms in total. The number of hydrogen-bond donors (Lipinski definition) is 0. The van der Waals surface area contributed by atoms with Crippen LogP contribution in [0.3, 0.4) is 0 Å². The van der Waals surface area contributed by atoms with E-state index < -0.39 is 5.41 Å². The minimum Gasteiger partial charge on any atom is -0.425 e. The molecule has 0 saturated carbocycles. The summed E-state index contributed by atoms with van der Waals surface area (Å²) in [5, 5.41) is 9.71. The van der Waals surface area contributed by atoms with Crippen LogP contribution < -0.4 is 4.74 Å². The zero-order valence-electron chi connectivity index (χ0n) is 18.7. The molecule has 0 aliphatic rings. The van der Waals surface area contributed by atoms with Gasteiger partial charge in [-0.1, -0.05) is 99.6 Å². The van der Waals surface area contributed by atoms with Crippen LogP contribution in [0.4, 0.5) is 0 Å². The number of nitriles is 1. The van der Waals surface area contributed by atoms with Crippen LogP contribution >= 0.6 is 0 Å². The molecular weight excluding hydrogens is 382 g/mol. The van der Waals surface area contributed by atoms with Crippen molar-refractivity contribution in [3.8, 4) is 34.1 Å². The largest absolute Gasteiger partial charge is 0.425 e. The fourth-order valence-corrected chi connectivity index (χ4v) is 3.45. The third-order valence-corrected chi connectivity index (χ3v) is 6.13. The molecular formula is C28H29NO2. The van der Waals surface area contributed by atoms with Crippen molar-refractivity contribution in [2.24, 2.45) is 10.8 Å². The second kappa shape index (κ2) is 9.18. The number of carbonyl (C=O) groups is 1. The Morgan fingerprint density at radius 1 is 0.806 bits per heavy atom. The van der Waals surface area contributed by atoms with Gasteiger partial charge in [-0.15, -0.1) is 0 Å². The van der Waals surface area contributed by atoms with Gasteiger partial charge in [-0.25, -0.2) is 0 Å². The number of benzene rings is 3. The highest BCUT2D eigenvalue weighted by Gasteiger charge is 2.38. The average molecular weight is 412 g/mol. The number of carbonyl (C=O) groups excluding carboxylic acids is 1. The van der Waals surface area contributed by atoms with Crippen LogP contribution in [-0.2, 0) is 4.79 Å². The lowest BCUT2D eigenvalue weighted by Crippen LogP contribution is -2.32. The third-order valence-electron chi connectivity index (χ3n) is 6.13. The van der Waals surface area contributed by atoms with Crippen LogP contribution in [0.25, 0.3) is 22.3 Å². The molecule has 0 aromatic heterocycles. The summed E-state index contributed by atoms with van der Waals surface area (Å²) >= 11 is 0. The normalized spacial score (nSPS) is 13.1. The smallest absolute Gasteiger partial charge is 0.311 e. The molecule has 0 amide bonds. The molecule has 0 aliphatic heterocycles. The summed E-state index contributed by atoms with van der Waals surface area (Å²) in [5.41, 5.74) is 2.86. The van der Waals surface area contributed by atoms with Gasteiger partial charge in [-0.2, -0.15) is 5.26 Å². The lowest BCUT2D eigenvalue weighted by molar-refractivity contribution is -0.135. The van der Waals surface area contributed by atoms with Gasteiger partial charge in [0, 0.05) is 17.5 Å². The van der Waals surface area contributed by atoms with E-state index in [9.17, 15) is 10.1 Å². The van der Waals surface area contributed by atoms with E-state index in [0.29, 0.717) is 12.2 Å². The third kappa shape index (κ3) is 5.03. The Bertz CT molecular complexity index is 1020. The molecule has 3 aromatic carbocycles. The van der Waals surface area contributed by atoms with Crippen LogP contribution in [0, 0.1) is 22.2 Å². The molecule has 3 aromatic rings. The SMILES string of the molecule is CC(C)(C)C(C)(C#N)CCC(=O)Oc1c(-c2ccccc2)cccc1-c1ccccc1. The van der Waals surface area contributed by atoms with E-state index >= 15 is 0 Å². The summed E-state index contributed by atoms with van der Waals surface area (Å²) in [4.78, 5) is 12.9. The highest BCUT2D eigenvalue weighted by molar-refractivity contribution is 5.86. The van der Waals surface area contributed by atoms with Crippen LogP contribution in [0.15, 0.2) is 78.9 Å². The zero-order chi connectivity index (χ0) is 22.5. The minimum absolute atomic E-state index is 0.179. The molecule has 31 heavy (non-hydrogen) atoms. The van der Waals surface area contributed by atoms with Gasteiger partial charge in [0.2, 0.25) is 0 Å². The van der Waals surface area contributed by atoms with Crippen LogP contribution in [0.2, 0.25) is 0 Å². The monoisotopic (exact) mass is 411 g/mol. The molecule has 3 heteroatoms. The van der Waals surface area contributed by atoms with Crippen molar-refractivity contribution in [3.63, 3.8) is 0 Å². The Morgan fingerprint density at radius 3 is 1.71 bits per heavy atom. The Kier molecular flexibility index (Phi) is 6.61. The lowest BCUT2D eigenvalue weighted by Gasteiger charge is -2.35. The molecule has 1 unspecified atom stereocenters. The maximum absolute atomic E-state index is 12.9. The van der Waals surface area contributed by atoms with Gasteiger partial charge in [-0.05, 0) is 29.9 Å². The van der Waals surface area contributed by atoms with Gasteiger partial charge >= 0.3 is 5.97 Å². The first-order valence-corrected chi connectivity index (χ1v) is 10.6. The first kappa shape index (κ1) is 22.3. The van der Waals surface area contributed by atoms with Gasteiger partial charge in [-0.3, -0.25) is 4.79 Å². The van der Waals surface area contributed by atoms with Gasteiger partial charge in [0.15, 0.2) is 0 Å². The molecule has 0 saturated heterocycles. The van der Waals surface area contributed by atoms with E-state index in [1.54, 1.807) is 0 Å². The number of ether oxygens (including phenoxy) is 1. The molecule has 3 rings (SSSR count). The topological polar surface area (TPSA) is 50.1 Å². The summed E-state index contributed by atoms with van der Waals surface area (Å²) in [6.07, 6.45) is 0.624. The fraction of sp³-hybridized carbons (Fsp3) is 0.286. The van der Waals surface area contributed by atoms with Crippen molar-refractivity contribution in [1.29, 1.82) is 5.26 Å². The van der Waals surface area contributed by atoms with Crippen molar-refractivity contribution in [3.05, 3.63) is 78.9 Å². The summed E-state index contributed by atoms with van der Waals surface area (Å²) in [7, 11) is 0. The summed E-state index contributed by atoms with van der Waals surface area (Å²) in [5.74, 6) is 0.227. The first-order valence-electron chi connectivity index (χ1n) is 10.6. The standard InChI is InChI=1S/C28H29NO2/c1-27(2,3)28(4,20-29)19-18-25(30)31-26-23(21-12-7-5-8-13-21)16-11-17-24(26)22-14-9-6-10-15-22/h5-17H,18-19H2,1-4H3. The summed E-state index contributed by atoms with van der Waals surface area (Å²) < 4.78 is 5.99. The highest BCUT2D eigenvalue weighted by atomic mass is 16.5. The highest BCUT2D eigenvalue weighted by Crippen LogP contribution is 2.42. The summed E-state index contributed by atoms with van der Waals surface area (Å²) in [6, 6.07) is 28.2.